The number of H-pyrrole nitrogens is 1. The minimum Gasteiger partial charge on any atom is -0.362 e. The van der Waals surface area contributed by atoms with Gasteiger partial charge in [-0.25, -0.2) is 4.79 Å². The molecule has 0 radical (unpaired) electrons. The van der Waals surface area contributed by atoms with Gasteiger partial charge in [-0.1, -0.05) is 19.3 Å². The number of aromatic amines is 1. The quantitative estimate of drug-likeness (QED) is 0.662. The van der Waals surface area contributed by atoms with E-state index >= 15 is 0 Å². The number of amides is 3. The van der Waals surface area contributed by atoms with Crippen molar-refractivity contribution < 1.29 is 14.4 Å². The van der Waals surface area contributed by atoms with Gasteiger partial charge >= 0.3 is 6.03 Å². The molecule has 22 heavy (non-hydrogen) atoms. The van der Waals surface area contributed by atoms with Crippen molar-refractivity contribution >= 4 is 17.7 Å². The first-order valence-corrected chi connectivity index (χ1v) is 7.76. The molecule has 0 bridgehead atoms. The van der Waals surface area contributed by atoms with Crippen LogP contribution in [0.3, 0.4) is 0 Å². The van der Waals surface area contributed by atoms with Gasteiger partial charge in [0.15, 0.2) is 5.78 Å². The fourth-order valence-corrected chi connectivity index (χ4v) is 3.56. The monoisotopic (exact) mass is 303 g/mol. The number of nitrogens with one attached hydrogen (secondary N) is 2. The molecule has 0 atom stereocenters. The second kappa shape index (κ2) is 5.26. The smallest absolute Gasteiger partial charge is 0.325 e. The Morgan fingerprint density at radius 1 is 1.23 bits per heavy atom. The van der Waals surface area contributed by atoms with Gasteiger partial charge in [0.2, 0.25) is 0 Å². The second-order valence-corrected chi connectivity index (χ2v) is 6.38. The van der Waals surface area contributed by atoms with E-state index in [2.05, 4.69) is 10.3 Å². The van der Waals surface area contributed by atoms with E-state index in [0.29, 0.717) is 18.4 Å². The van der Waals surface area contributed by atoms with E-state index in [1.54, 1.807) is 6.07 Å². The van der Waals surface area contributed by atoms with Crippen molar-refractivity contribution in [3.8, 4) is 0 Å². The molecule has 3 amide bonds. The lowest BCUT2D eigenvalue weighted by Gasteiger charge is -2.30. The molecule has 1 aromatic heterocycles. The standard InChI is InChI=1S/C16H21N3O3/c1-10-8-12(11(2)17-10)13(20)9-19-14(21)16(18-15(19)22)6-4-3-5-7-16/h8,17H,3-7,9H2,1-2H3,(H,18,22). The third-order valence-electron chi connectivity index (χ3n) is 4.70. The number of carbonyl (C=O) groups excluding carboxylic acids is 3. The molecule has 2 N–H and O–H groups in total. The van der Waals surface area contributed by atoms with E-state index in [-0.39, 0.29) is 18.2 Å². The van der Waals surface area contributed by atoms with E-state index < -0.39 is 11.6 Å². The number of carbonyl (C=O) groups is 3. The molecule has 1 aliphatic heterocycles. The van der Waals surface area contributed by atoms with Gasteiger partial charge in [-0.3, -0.25) is 14.5 Å². The lowest BCUT2D eigenvalue weighted by atomic mass is 9.82. The Hall–Kier alpha value is -2.11. The molecule has 6 heteroatoms. The predicted octanol–water partition coefficient (Wildman–Crippen LogP) is 2.07. The van der Waals surface area contributed by atoms with E-state index in [4.69, 9.17) is 0 Å². The highest BCUT2D eigenvalue weighted by Gasteiger charge is 2.51. The maximum Gasteiger partial charge on any atom is 0.325 e. The van der Waals surface area contributed by atoms with Gasteiger partial charge in [-0.05, 0) is 32.8 Å². The average Bonchev–Trinajstić information content (AvgIpc) is 2.92. The molecule has 118 valence electrons. The molecule has 2 aliphatic rings. The third-order valence-corrected chi connectivity index (χ3v) is 4.70. The van der Waals surface area contributed by atoms with Crippen LogP contribution in [0.4, 0.5) is 4.79 Å². The van der Waals surface area contributed by atoms with Crippen molar-refractivity contribution in [1.82, 2.24) is 15.2 Å². The molecule has 1 saturated carbocycles. The van der Waals surface area contributed by atoms with Crippen molar-refractivity contribution in [3.63, 3.8) is 0 Å². The number of imide groups is 1. The summed E-state index contributed by atoms with van der Waals surface area (Å²) >= 11 is 0. The number of urea groups is 1. The molecule has 2 heterocycles. The van der Waals surface area contributed by atoms with Crippen molar-refractivity contribution in [1.29, 1.82) is 0 Å². The summed E-state index contributed by atoms with van der Waals surface area (Å²) in [7, 11) is 0. The van der Waals surface area contributed by atoms with Crippen LogP contribution in [-0.2, 0) is 4.79 Å². The Morgan fingerprint density at radius 2 is 1.91 bits per heavy atom. The fourth-order valence-electron chi connectivity index (χ4n) is 3.56. The van der Waals surface area contributed by atoms with Crippen LogP contribution in [-0.4, -0.2) is 39.7 Å². The first-order chi connectivity index (χ1) is 10.4. The Balaban J connectivity index is 1.78. The number of rotatable bonds is 3. The number of nitrogens with zero attached hydrogens (tertiary/aromatic N) is 1. The van der Waals surface area contributed by atoms with Crippen LogP contribution in [0.15, 0.2) is 6.07 Å². The maximum atomic E-state index is 12.6. The zero-order valence-electron chi connectivity index (χ0n) is 13.0. The summed E-state index contributed by atoms with van der Waals surface area (Å²) in [5, 5.41) is 2.82. The number of aryl methyl sites for hydroxylation is 2. The number of hydrogen-bond acceptors (Lipinski definition) is 3. The van der Waals surface area contributed by atoms with Crippen LogP contribution in [0.2, 0.25) is 0 Å². The summed E-state index contributed by atoms with van der Waals surface area (Å²) in [6, 6.07) is 1.32. The molecule has 0 unspecified atom stereocenters. The zero-order chi connectivity index (χ0) is 15.9. The van der Waals surface area contributed by atoms with Crippen LogP contribution < -0.4 is 5.32 Å². The molecule has 3 rings (SSSR count). The van der Waals surface area contributed by atoms with Gasteiger partial charge in [0, 0.05) is 17.0 Å². The van der Waals surface area contributed by atoms with Crippen LogP contribution in [0.1, 0.15) is 53.8 Å². The van der Waals surface area contributed by atoms with Gasteiger partial charge in [0.25, 0.3) is 5.91 Å². The van der Waals surface area contributed by atoms with E-state index in [9.17, 15) is 14.4 Å². The fraction of sp³-hybridized carbons (Fsp3) is 0.562. The number of Topliss-reactive ketones (excluding diaryl/α,β-unsaturated/α-hetero) is 1. The normalized spacial score (nSPS) is 20.5. The number of aromatic nitrogens is 1. The number of hydrogen-bond donors (Lipinski definition) is 2. The van der Waals surface area contributed by atoms with Crippen molar-refractivity contribution in [2.75, 3.05) is 6.54 Å². The van der Waals surface area contributed by atoms with Crippen LogP contribution in [0.25, 0.3) is 0 Å². The molecule has 0 aromatic carbocycles. The summed E-state index contributed by atoms with van der Waals surface area (Å²) in [5.74, 6) is -0.450. The summed E-state index contributed by atoms with van der Waals surface area (Å²) in [6.45, 7) is 3.49. The first-order valence-electron chi connectivity index (χ1n) is 7.76. The Bertz CT molecular complexity index is 641. The van der Waals surface area contributed by atoms with Crippen LogP contribution in [0.5, 0.6) is 0 Å². The van der Waals surface area contributed by atoms with Gasteiger partial charge in [0.1, 0.15) is 5.54 Å². The summed E-state index contributed by atoms with van der Waals surface area (Å²) in [4.78, 5) is 41.3. The van der Waals surface area contributed by atoms with E-state index in [1.165, 1.54) is 0 Å². The Kier molecular flexibility index (Phi) is 3.54. The molecular weight excluding hydrogens is 282 g/mol. The highest BCUT2D eigenvalue weighted by molar-refractivity contribution is 6.11. The predicted molar refractivity (Wildman–Crippen MR) is 80.7 cm³/mol. The Morgan fingerprint density at radius 3 is 2.50 bits per heavy atom. The van der Waals surface area contributed by atoms with Crippen molar-refractivity contribution in [2.45, 2.75) is 51.5 Å². The average molecular weight is 303 g/mol. The molecule has 2 fully saturated rings. The highest BCUT2D eigenvalue weighted by Crippen LogP contribution is 2.33. The molecule has 1 spiro atoms. The summed E-state index contributed by atoms with van der Waals surface area (Å²) in [6.07, 6.45) is 4.30. The molecule has 6 nitrogen and oxygen atoms in total. The van der Waals surface area contributed by atoms with E-state index in [1.807, 2.05) is 13.8 Å². The minimum absolute atomic E-state index is 0.190. The Labute approximate surface area is 129 Å². The molecular formula is C16H21N3O3. The number of ketones is 1. The lowest BCUT2D eigenvalue weighted by molar-refractivity contribution is -0.132. The van der Waals surface area contributed by atoms with E-state index in [0.717, 1.165) is 35.6 Å². The minimum atomic E-state index is -0.765. The zero-order valence-corrected chi connectivity index (χ0v) is 13.0. The maximum absolute atomic E-state index is 12.6. The summed E-state index contributed by atoms with van der Waals surface area (Å²) < 4.78 is 0. The first kappa shape index (κ1) is 14.8. The molecule has 1 aliphatic carbocycles. The topological polar surface area (TPSA) is 82.3 Å². The van der Waals surface area contributed by atoms with Gasteiger partial charge in [-0.2, -0.15) is 0 Å². The van der Waals surface area contributed by atoms with Crippen LogP contribution in [0, 0.1) is 13.8 Å². The highest BCUT2D eigenvalue weighted by atomic mass is 16.2. The summed E-state index contributed by atoms with van der Waals surface area (Å²) in [5.41, 5.74) is 1.44. The lowest BCUT2D eigenvalue weighted by Crippen LogP contribution is -2.48. The van der Waals surface area contributed by atoms with Crippen LogP contribution >= 0.6 is 0 Å². The largest absolute Gasteiger partial charge is 0.362 e. The third kappa shape index (κ3) is 2.32. The van der Waals surface area contributed by atoms with Gasteiger partial charge in [0.05, 0.1) is 6.54 Å². The van der Waals surface area contributed by atoms with Crippen molar-refractivity contribution in [3.05, 3.63) is 23.0 Å². The molecule has 1 aromatic rings. The van der Waals surface area contributed by atoms with Crippen molar-refractivity contribution in [2.24, 2.45) is 0 Å². The molecule has 1 saturated heterocycles. The SMILES string of the molecule is Cc1cc(C(=O)CN2C(=O)NC3(CCCCC3)C2=O)c(C)[nH]1. The second-order valence-electron chi connectivity index (χ2n) is 6.38. The van der Waals surface area contributed by atoms with Gasteiger partial charge < -0.3 is 10.3 Å². The van der Waals surface area contributed by atoms with Gasteiger partial charge in [-0.15, -0.1) is 0 Å².